The first kappa shape index (κ1) is 38.5. The molecule has 0 spiro atoms. The second kappa shape index (κ2) is 17.5. The summed E-state index contributed by atoms with van der Waals surface area (Å²) in [7, 11) is 0. The van der Waals surface area contributed by atoms with E-state index in [1.807, 2.05) is 0 Å². The van der Waals surface area contributed by atoms with Crippen molar-refractivity contribution in [1.82, 2.24) is 15.5 Å². The molecule has 15 nitrogen and oxygen atoms in total. The number of likely N-dealkylation sites (tertiary alicyclic amines) is 1. The number of ketones is 1. The van der Waals surface area contributed by atoms with Crippen molar-refractivity contribution in [3.05, 3.63) is 68.8 Å². The Kier molecular flexibility index (Phi) is 13.2. The van der Waals surface area contributed by atoms with Crippen molar-refractivity contribution in [2.75, 3.05) is 13.2 Å². The van der Waals surface area contributed by atoms with Crippen LogP contribution >= 0.6 is 0 Å². The third kappa shape index (κ3) is 10.3. The van der Waals surface area contributed by atoms with Crippen LogP contribution < -0.4 is 10.6 Å². The molecule has 2 aromatic rings. The van der Waals surface area contributed by atoms with Gasteiger partial charge in [0.2, 0.25) is 17.7 Å². The smallest absolute Gasteiger partial charge is 0.339 e. The third-order valence-corrected chi connectivity index (χ3v) is 9.48. The number of aliphatic carboxylic acids is 1. The van der Waals surface area contributed by atoms with Gasteiger partial charge in [0.25, 0.3) is 0 Å². The summed E-state index contributed by atoms with van der Waals surface area (Å²) in [5, 5.41) is 35.8. The van der Waals surface area contributed by atoms with Crippen molar-refractivity contribution in [2.45, 2.75) is 96.2 Å². The molecule has 15 heteroatoms. The number of rotatable bonds is 15. The highest BCUT2D eigenvalue weighted by Gasteiger charge is 2.40. The molecule has 3 amide bonds. The molecule has 0 radical (unpaired) electrons. The monoisotopic (exact) mass is 708 g/mol. The van der Waals surface area contributed by atoms with E-state index in [1.54, 1.807) is 32.0 Å². The van der Waals surface area contributed by atoms with Gasteiger partial charge < -0.3 is 30.5 Å². The molecule has 1 unspecified atom stereocenters. The molecule has 2 aliphatic rings. The average molecular weight is 709 g/mol. The molecule has 1 saturated carbocycles. The van der Waals surface area contributed by atoms with Gasteiger partial charge >= 0.3 is 17.6 Å². The van der Waals surface area contributed by atoms with Gasteiger partial charge in [0.1, 0.15) is 18.1 Å². The molecule has 1 saturated heterocycles. The lowest BCUT2D eigenvalue weighted by molar-refractivity contribution is -0.385. The highest BCUT2D eigenvalue weighted by Crippen LogP contribution is 2.30. The van der Waals surface area contributed by atoms with E-state index >= 15 is 0 Å². The number of carboxylic acid groups (broad SMARTS) is 1. The Hall–Kier alpha value is -5.34. The van der Waals surface area contributed by atoms with Gasteiger partial charge in [-0.2, -0.15) is 0 Å². The Labute approximate surface area is 294 Å². The Balaban J connectivity index is 1.46. The standard InChI is InChI=1S/C36H44N4O11/c1-21-8-6-9-22(2)33(21)36(48)51-20-30(42)25(19-32(44)45)38-34(46)27-12-7-15-39(27)35(47)26(16-23-10-4-3-5-11-23)37-31(43)18-24-13-14-29(41)28(17-24)40(49)50/h6,8-9,13-14,17,23,25-27,41H,3-5,7,10-12,15-16,18-20H2,1-2H3,(H,37,43)(H,38,46)(H,44,45)/t25-,26-,27?/m0/s1. The summed E-state index contributed by atoms with van der Waals surface area (Å²) in [6, 6.07) is 5.17. The second-order valence-electron chi connectivity index (χ2n) is 13.3. The molecule has 0 aromatic heterocycles. The Morgan fingerprint density at radius 1 is 0.961 bits per heavy atom. The van der Waals surface area contributed by atoms with Crippen molar-refractivity contribution in [1.29, 1.82) is 0 Å². The van der Waals surface area contributed by atoms with E-state index in [-0.39, 0.29) is 36.4 Å². The molecule has 2 fully saturated rings. The van der Waals surface area contributed by atoms with Gasteiger partial charge in [-0.1, -0.05) is 56.4 Å². The number of nitro groups is 1. The molecule has 4 rings (SSSR count). The van der Waals surface area contributed by atoms with Gasteiger partial charge in [-0.3, -0.25) is 34.1 Å². The van der Waals surface area contributed by atoms with Crippen LogP contribution in [0.4, 0.5) is 5.69 Å². The molecule has 4 N–H and O–H groups in total. The van der Waals surface area contributed by atoms with Gasteiger partial charge in [-0.05, 0) is 61.8 Å². The van der Waals surface area contributed by atoms with E-state index in [2.05, 4.69) is 10.6 Å². The Morgan fingerprint density at radius 3 is 2.29 bits per heavy atom. The maximum Gasteiger partial charge on any atom is 0.339 e. The van der Waals surface area contributed by atoms with E-state index < -0.39 is 83.0 Å². The third-order valence-electron chi connectivity index (χ3n) is 9.48. The zero-order chi connectivity index (χ0) is 37.2. The van der Waals surface area contributed by atoms with Crippen molar-refractivity contribution in [2.24, 2.45) is 5.92 Å². The van der Waals surface area contributed by atoms with Crippen LogP contribution in [0.5, 0.6) is 5.75 Å². The Bertz CT molecular complexity index is 1650. The van der Waals surface area contributed by atoms with Crippen LogP contribution in [0.3, 0.4) is 0 Å². The summed E-state index contributed by atoms with van der Waals surface area (Å²) in [6.45, 7) is 2.83. The molecule has 2 aromatic carbocycles. The van der Waals surface area contributed by atoms with Crippen LogP contribution in [0.15, 0.2) is 36.4 Å². The zero-order valence-electron chi connectivity index (χ0n) is 28.7. The number of phenols is 1. The highest BCUT2D eigenvalue weighted by molar-refractivity contribution is 5.98. The molecule has 51 heavy (non-hydrogen) atoms. The number of carbonyl (C=O) groups excluding carboxylic acids is 5. The number of carbonyl (C=O) groups is 6. The number of ether oxygens (including phenoxy) is 1. The van der Waals surface area contributed by atoms with Crippen molar-refractivity contribution in [3.8, 4) is 5.75 Å². The predicted octanol–water partition coefficient (Wildman–Crippen LogP) is 3.29. The number of Topliss-reactive ketones (excluding diaryl/α,β-unsaturated/α-hetero) is 1. The molecule has 0 bridgehead atoms. The fourth-order valence-corrected chi connectivity index (χ4v) is 6.87. The summed E-state index contributed by atoms with van der Waals surface area (Å²) >= 11 is 0. The minimum absolute atomic E-state index is 0.140. The molecule has 274 valence electrons. The van der Waals surface area contributed by atoms with Crippen molar-refractivity contribution in [3.63, 3.8) is 0 Å². The topological polar surface area (TPSA) is 223 Å². The summed E-state index contributed by atoms with van der Waals surface area (Å²) in [4.78, 5) is 90.2. The number of nitro benzene ring substituents is 1. The van der Waals surface area contributed by atoms with E-state index in [1.165, 1.54) is 11.0 Å². The van der Waals surface area contributed by atoms with Crippen LogP contribution in [0.2, 0.25) is 0 Å². The van der Waals surface area contributed by atoms with Gasteiger partial charge in [0.05, 0.1) is 23.3 Å². The van der Waals surface area contributed by atoms with E-state index in [9.17, 15) is 49.1 Å². The van der Waals surface area contributed by atoms with Crippen LogP contribution in [0, 0.1) is 29.9 Å². The summed E-state index contributed by atoms with van der Waals surface area (Å²) in [6.07, 6.45) is 4.66. The SMILES string of the molecule is Cc1cccc(C)c1C(=O)OCC(=O)[C@H](CC(=O)O)NC(=O)C1CCCN1C(=O)[C@H](CC1CCCCC1)NC(=O)Cc1ccc(O)c([N+](=O)[O-])c1. The number of benzene rings is 2. The summed E-state index contributed by atoms with van der Waals surface area (Å²) in [5.41, 5.74) is 1.25. The van der Waals surface area contributed by atoms with Gasteiger partial charge in [0.15, 0.2) is 18.1 Å². The highest BCUT2D eigenvalue weighted by atomic mass is 16.6. The minimum atomic E-state index is -1.54. The van der Waals surface area contributed by atoms with Crippen LogP contribution in [-0.4, -0.2) is 86.8 Å². The lowest BCUT2D eigenvalue weighted by Gasteiger charge is -2.32. The first-order valence-corrected chi connectivity index (χ1v) is 17.1. The second-order valence-corrected chi connectivity index (χ2v) is 13.3. The van der Waals surface area contributed by atoms with Crippen molar-refractivity contribution >= 4 is 41.1 Å². The summed E-state index contributed by atoms with van der Waals surface area (Å²) < 4.78 is 5.20. The summed E-state index contributed by atoms with van der Waals surface area (Å²) in [5.74, 6) is -5.21. The number of esters is 1. The molecular weight excluding hydrogens is 664 g/mol. The van der Waals surface area contributed by atoms with Crippen LogP contribution in [-0.2, 0) is 35.1 Å². The molecule has 1 aliphatic carbocycles. The first-order valence-electron chi connectivity index (χ1n) is 17.1. The average Bonchev–Trinajstić information content (AvgIpc) is 3.57. The number of nitrogens with zero attached hydrogens (tertiary/aromatic N) is 2. The number of hydrogen-bond acceptors (Lipinski definition) is 10. The van der Waals surface area contributed by atoms with Gasteiger partial charge in [-0.25, -0.2) is 4.79 Å². The normalized spacial score (nSPS) is 17.2. The number of carboxylic acids is 1. The van der Waals surface area contributed by atoms with Gasteiger partial charge in [-0.15, -0.1) is 0 Å². The van der Waals surface area contributed by atoms with E-state index in [0.29, 0.717) is 24.0 Å². The first-order chi connectivity index (χ1) is 24.2. The zero-order valence-corrected chi connectivity index (χ0v) is 28.7. The largest absolute Gasteiger partial charge is 0.502 e. The minimum Gasteiger partial charge on any atom is -0.502 e. The number of nitrogens with one attached hydrogen (secondary N) is 2. The maximum atomic E-state index is 14.1. The maximum absolute atomic E-state index is 14.1. The fourth-order valence-electron chi connectivity index (χ4n) is 6.87. The predicted molar refractivity (Wildman–Crippen MR) is 182 cm³/mol. The number of aromatic hydroxyl groups is 1. The number of aryl methyl sites for hydroxylation is 2. The molecule has 3 atom stereocenters. The van der Waals surface area contributed by atoms with Crippen LogP contribution in [0.1, 0.15) is 84.8 Å². The molecule has 1 aliphatic heterocycles. The molecule has 1 heterocycles. The van der Waals surface area contributed by atoms with Crippen molar-refractivity contribution < 1.29 is 48.6 Å². The lowest BCUT2D eigenvalue weighted by Crippen LogP contribution is -2.56. The Morgan fingerprint density at radius 2 is 1.65 bits per heavy atom. The van der Waals surface area contributed by atoms with E-state index in [4.69, 9.17) is 4.74 Å². The number of phenolic OH excluding ortho intramolecular Hbond substituents is 1. The van der Waals surface area contributed by atoms with E-state index in [0.717, 1.165) is 44.2 Å². The fraction of sp³-hybridized carbons (Fsp3) is 0.500. The van der Waals surface area contributed by atoms with Gasteiger partial charge in [0, 0.05) is 12.6 Å². The quantitative estimate of drug-likeness (QED) is 0.119. The molecular formula is C36H44N4O11. The number of amides is 3. The van der Waals surface area contributed by atoms with Crippen LogP contribution in [0.25, 0.3) is 0 Å². The number of hydrogen-bond donors (Lipinski definition) is 4. The lowest BCUT2D eigenvalue weighted by atomic mass is 9.84.